The number of nitrogens with one attached hydrogen (secondary N) is 2. The molecule has 2 fully saturated rings. The Morgan fingerprint density at radius 3 is 2.67 bits per heavy atom. The second-order valence-corrected chi connectivity index (χ2v) is 10.1. The van der Waals surface area contributed by atoms with E-state index in [-0.39, 0.29) is 5.49 Å². The summed E-state index contributed by atoms with van der Waals surface area (Å²) in [6.07, 6.45) is 10.0. The molecule has 2 N–H and O–H groups in total. The topological polar surface area (TPSA) is 83.2 Å². The van der Waals surface area contributed by atoms with Crippen LogP contribution in [0.5, 0.6) is 0 Å². The Labute approximate surface area is 185 Å². The van der Waals surface area contributed by atoms with Gasteiger partial charge in [-0.15, -0.1) is 0 Å². The molecular formula is C22H26Cl2N6. The van der Waals surface area contributed by atoms with Crippen LogP contribution >= 0.6 is 23.2 Å². The van der Waals surface area contributed by atoms with Crippen LogP contribution in [-0.2, 0) is 6.54 Å². The average molecular weight is 445 g/mol. The van der Waals surface area contributed by atoms with Crippen LogP contribution in [0, 0.1) is 29.1 Å². The summed E-state index contributed by atoms with van der Waals surface area (Å²) in [5, 5.41) is 9.34. The quantitative estimate of drug-likeness (QED) is 0.584. The number of halogens is 2. The van der Waals surface area contributed by atoms with Crippen LogP contribution in [0.4, 0.5) is 0 Å². The number of hydrogen-bond donors (Lipinski definition) is 2. The number of imidazole rings is 1. The fraction of sp³-hybridized carbons (Fsp3) is 0.545. The van der Waals surface area contributed by atoms with Crippen LogP contribution < -0.4 is 5.49 Å². The van der Waals surface area contributed by atoms with E-state index in [4.69, 9.17) is 33.6 Å². The van der Waals surface area contributed by atoms with Gasteiger partial charge in [0.1, 0.15) is 11.3 Å². The maximum atomic E-state index is 8.31. The smallest absolute Gasteiger partial charge is 0.173 e. The van der Waals surface area contributed by atoms with Crippen LogP contribution in [0.25, 0.3) is 11.2 Å². The molecule has 0 spiro atoms. The highest BCUT2D eigenvalue weighted by molar-refractivity contribution is 6.35. The first-order valence-corrected chi connectivity index (χ1v) is 11.4. The summed E-state index contributed by atoms with van der Waals surface area (Å²) in [6, 6.07) is 0. The van der Waals surface area contributed by atoms with E-state index < -0.39 is 0 Å². The third kappa shape index (κ3) is 3.44. The maximum absolute atomic E-state index is 8.31. The molecule has 0 saturated heterocycles. The number of H-pyrrole nitrogens is 1. The van der Waals surface area contributed by atoms with Crippen LogP contribution in [0.3, 0.4) is 0 Å². The number of aromatic nitrogens is 5. The highest BCUT2D eigenvalue weighted by Gasteiger charge is 2.42. The minimum atomic E-state index is 0.213. The largest absolute Gasteiger partial charge is 0.337 e. The number of aromatic amines is 1. The zero-order valence-electron chi connectivity index (χ0n) is 17.2. The molecule has 8 heteroatoms. The normalized spacial score (nSPS) is 28.7. The Morgan fingerprint density at radius 1 is 1.13 bits per heavy atom. The molecule has 3 heterocycles. The van der Waals surface area contributed by atoms with Crippen molar-refractivity contribution in [2.75, 3.05) is 0 Å². The van der Waals surface area contributed by atoms with E-state index in [2.05, 4.69) is 28.8 Å². The fourth-order valence-electron chi connectivity index (χ4n) is 5.95. The number of pyridine rings is 1. The maximum Gasteiger partial charge on any atom is 0.173 e. The van der Waals surface area contributed by atoms with Gasteiger partial charge in [-0.3, -0.25) is 10.4 Å². The SMILES string of the molecule is CC1CC2CC(C)C(c3nc4c([nH]3)c(=N)ncn4Cc3c(Cl)cncc3Cl)C(C1)C2. The van der Waals surface area contributed by atoms with Gasteiger partial charge in [0.25, 0.3) is 0 Å². The van der Waals surface area contributed by atoms with E-state index in [0.29, 0.717) is 39.9 Å². The summed E-state index contributed by atoms with van der Waals surface area (Å²) in [5.74, 6) is 4.27. The predicted molar refractivity (Wildman–Crippen MR) is 118 cm³/mol. The van der Waals surface area contributed by atoms with Crippen molar-refractivity contribution in [3.63, 3.8) is 0 Å². The minimum Gasteiger partial charge on any atom is -0.337 e. The lowest BCUT2D eigenvalue weighted by atomic mass is 9.60. The van der Waals surface area contributed by atoms with Gasteiger partial charge in [0.15, 0.2) is 11.1 Å². The van der Waals surface area contributed by atoms with Gasteiger partial charge in [-0.2, -0.15) is 0 Å². The molecule has 0 aliphatic heterocycles. The molecule has 6 nitrogen and oxygen atoms in total. The molecule has 2 saturated carbocycles. The van der Waals surface area contributed by atoms with Crippen molar-refractivity contribution >= 4 is 34.4 Å². The van der Waals surface area contributed by atoms with E-state index in [0.717, 1.165) is 28.9 Å². The van der Waals surface area contributed by atoms with Gasteiger partial charge >= 0.3 is 0 Å². The molecular weight excluding hydrogens is 419 g/mol. The molecule has 30 heavy (non-hydrogen) atoms. The van der Waals surface area contributed by atoms with Crippen molar-refractivity contribution in [2.24, 2.45) is 23.7 Å². The lowest BCUT2D eigenvalue weighted by molar-refractivity contribution is 0.0822. The summed E-state index contributed by atoms with van der Waals surface area (Å²) in [5.41, 5.74) is 2.39. The fourth-order valence-corrected chi connectivity index (χ4v) is 6.44. The summed E-state index contributed by atoms with van der Waals surface area (Å²) in [4.78, 5) is 16.8. The van der Waals surface area contributed by atoms with Crippen LogP contribution in [0.15, 0.2) is 18.7 Å². The highest BCUT2D eigenvalue weighted by atomic mass is 35.5. The van der Waals surface area contributed by atoms with Gasteiger partial charge < -0.3 is 9.55 Å². The van der Waals surface area contributed by atoms with Gasteiger partial charge in [-0.1, -0.05) is 37.0 Å². The van der Waals surface area contributed by atoms with Crippen molar-refractivity contribution in [3.05, 3.63) is 45.6 Å². The number of hydrogen-bond acceptors (Lipinski definition) is 4. The van der Waals surface area contributed by atoms with Gasteiger partial charge in [-0.25, -0.2) is 9.97 Å². The molecule has 2 aliphatic rings. The summed E-state index contributed by atoms with van der Waals surface area (Å²) in [6.45, 7) is 5.17. The third-order valence-electron chi connectivity index (χ3n) is 7.04. The van der Waals surface area contributed by atoms with Crippen LogP contribution in [-0.4, -0.2) is 24.5 Å². The second kappa shape index (κ2) is 7.65. The van der Waals surface area contributed by atoms with Gasteiger partial charge in [0.2, 0.25) is 0 Å². The lowest BCUT2D eigenvalue weighted by Crippen LogP contribution is -2.36. The first-order valence-electron chi connectivity index (χ1n) is 10.7. The van der Waals surface area contributed by atoms with Crippen molar-refractivity contribution < 1.29 is 0 Å². The second-order valence-electron chi connectivity index (χ2n) is 9.30. The van der Waals surface area contributed by atoms with Crippen molar-refractivity contribution in [3.8, 4) is 0 Å². The Balaban J connectivity index is 1.57. The van der Waals surface area contributed by atoms with Gasteiger partial charge in [-0.05, 0) is 49.4 Å². The predicted octanol–water partition coefficient (Wildman–Crippen LogP) is 5.16. The van der Waals surface area contributed by atoms with Crippen molar-refractivity contribution in [2.45, 2.75) is 52.0 Å². The monoisotopic (exact) mass is 444 g/mol. The number of nitrogens with zero attached hydrogens (tertiary/aromatic N) is 4. The van der Waals surface area contributed by atoms with E-state index in [1.165, 1.54) is 25.7 Å². The van der Waals surface area contributed by atoms with Gasteiger partial charge in [0.05, 0.1) is 22.9 Å². The van der Waals surface area contributed by atoms with Gasteiger partial charge in [0, 0.05) is 23.9 Å². The summed E-state index contributed by atoms with van der Waals surface area (Å²) >= 11 is 12.7. The van der Waals surface area contributed by atoms with E-state index in [9.17, 15) is 0 Å². The minimum absolute atomic E-state index is 0.213. The summed E-state index contributed by atoms with van der Waals surface area (Å²) in [7, 11) is 0. The van der Waals surface area contributed by atoms with Crippen LogP contribution in [0.1, 0.15) is 56.8 Å². The van der Waals surface area contributed by atoms with E-state index in [1.807, 2.05) is 4.57 Å². The zero-order valence-corrected chi connectivity index (χ0v) is 18.7. The molecule has 3 aromatic rings. The first kappa shape index (κ1) is 20.0. The van der Waals surface area contributed by atoms with Crippen molar-refractivity contribution in [1.29, 1.82) is 5.41 Å². The Hall–Kier alpha value is -1.92. The molecule has 5 rings (SSSR count). The standard InChI is InChI=1S/C22H26Cl2N6/c1-11-3-13-5-12(2)18(14(4-11)6-13)21-28-19-20(25)27-10-30(22(19)29-21)9-15-16(23)7-26-8-17(15)24/h7-8,10-14,18,25H,3-6,9H2,1-2H3,(H,28,29). The summed E-state index contributed by atoms with van der Waals surface area (Å²) < 4.78 is 1.92. The molecule has 3 aromatic heterocycles. The third-order valence-corrected chi connectivity index (χ3v) is 7.69. The number of fused-ring (bicyclic) bond motifs is 3. The molecule has 158 valence electrons. The Morgan fingerprint density at radius 2 is 1.90 bits per heavy atom. The molecule has 5 unspecified atom stereocenters. The highest BCUT2D eigenvalue weighted by Crippen LogP contribution is 2.51. The van der Waals surface area contributed by atoms with Crippen LogP contribution in [0.2, 0.25) is 10.0 Å². The molecule has 0 amide bonds. The molecule has 5 atom stereocenters. The first-order chi connectivity index (χ1) is 14.4. The van der Waals surface area contributed by atoms with E-state index in [1.54, 1.807) is 18.7 Å². The average Bonchev–Trinajstić information content (AvgIpc) is 3.11. The molecule has 2 aliphatic carbocycles. The number of rotatable bonds is 3. The Kier molecular flexibility index (Phi) is 5.10. The molecule has 2 bridgehead atoms. The lowest BCUT2D eigenvalue weighted by Gasteiger charge is -2.45. The van der Waals surface area contributed by atoms with E-state index >= 15 is 0 Å². The molecule has 0 aromatic carbocycles. The zero-order chi connectivity index (χ0) is 21.0. The molecule has 0 radical (unpaired) electrons. The van der Waals surface area contributed by atoms with Crippen molar-refractivity contribution in [1.82, 2.24) is 24.5 Å². The Bertz CT molecular complexity index is 1130.